The lowest BCUT2D eigenvalue weighted by Gasteiger charge is -2.12. The molecule has 0 radical (unpaired) electrons. The minimum Gasteiger partial charge on any atom is -0.303 e. The van der Waals surface area contributed by atoms with Crippen molar-refractivity contribution in [2.45, 2.75) is 6.92 Å². The number of carbonyl (C=O) groups is 1. The second kappa shape index (κ2) is 4.57. The molecule has 0 aliphatic carbocycles. The molecule has 0 saturated heterocycles. The summed E-state index contributed by atoms with van der Waals surface area (Å²) in [5.41, 5.74) is 1.30. The number of hydrogen-bond acceptors (Lipinski definition) is 3. The quantitative estimate of drug-likeness (QED) is 0.360. The summed E-state index contributed by atoms with van der Waals surface area (Å²) in [6.07, 6.45) is 0.509. The third-order valence-corrected chi connectivity index (χ3v) is 2.14. The van der Waals surface area contributed by atoms with Crippen molar-refractivity contribution in [1.82, 2.24) is 0 Å². The summed E-state index contributed by atoms with van der Waals surface area (Å²) in [5, 5.41) is 8.03. The zero-order chi connectivity index (χ0) is 10.6. The topological polar surface area (TPSA) is 71.0 Å². The van der Waals surface area contributed by atoms with Crippen molar-refractivity contribution in [3.63, 3.8) is 0 Å². The van der Waals surface area contributed by atoms with Crippen molar-refractivity contribution in [3.8, 4) is 0 Å². The van der Waals surface area contributed by atoms with Gasteiger partial charge in [-0.15, -0.1) is 0 Å². The minimum absolute atomic E-state index is 0.509. The molecule has 5 nitrogen and oxygen atoms in total. The van der Waals surface area contributed by atoms with Crippen LogP contribution in [0.15, 0.2) is 28.6 Å². The molecule has 0 spiro atoms. The van der Waals surface area contributed by atoms with Gasteiger partial charge in [-0.2, -0.15) is 5.01 Å². The Labute approximate surface area is 86.1 Å². The highest BCUT2D eigenvalue weighted by Crippen LogP contribution is 2.25. The summed E-state index contributed by atoms with van der Waals surface area (Å²) in [7, 11) is 0. The molecule has 0 bridgehead atoms. The van der Waals surface area contributed by atoms with Gasteiger partial charge in [0.1, 0.15) is 0 Å². The Morgan fingerprint density at radius 2 is 2.29 bits per heavy atom. The van der Waals surface area contributed by atoms with Crippen LogP contribution in [0.1, 0.15) is 5.56 Å². The van der Waals surface area contributed by atoms with Crippen molar-refractivity contribution < 1.29 is 4.79 Å². The molecule has 0 aliphatic rings. The van der Waals surface area contributed by atoms with Gasteiger partial charge in [0.2, 0.25) is 6.41 Å². The largest absolute Gasteiger partial charge is 0.303 e. The number of rotatable bonds is 3. The van der Waals surface area contributed by atoms with E-state index in [1.54, 1.807) is 25.1 Å². The average Bonchev–Trinajstić information content (AvgIpc) is 2.19. The zero-order valence-corrected chi connectivity index (χ0v) is 8.27. The van der Waals surface area contributed by atoms with Crippen LogP contribution in [0, 0.1) is 6.92 Å². The first-order valence-corrected chi connectivity index (χ1v) is 4.19. The van der Waals surface area contributed by atoms with Gasteiger partial charge >= 0.3 is 0 Å². The molecule has 0 fully saturated rings. The summed E-state index contributed by atoms with van der Waals surface area (Å²) in [4.78, 5) is 10.6. The Hall–Kier alpha value is -1.62. The van der Waals surface area contributed by atoms with Crippen LogP contribution in [0.3, 0.4) is 0 Å². The van der Waals surface area contributed by atoms with E-state index in [0.717, 1.165) is 10.6 Å². The summed E-state index contributed by atoms with van der Waals surface area (Å²) >= 11 is 5.87. The van der Waals surface area contributed by atoms with Crippen LogP contribution in [0.5, 0.6) is 0 Å². The van der Waals surface area contributed by atoms with Crippen LogP contribution in [0.4, 0.5) is 5.69 Å². The van der Waals surface area contributed by atoms with E-state index in [1.165, 1.54) is 0 Å². The van der Waals surface area contributed by atoms with Gasteiger partial charge in [-0.1, -0.05) is 22.9 Å². The van der Waals surface area contributed by atoms with E-state index in [4.69, 9.17) is 17.4 Å². The molecule has 2 N–H and O–H groups in total. The number of anilines is 1. The van der Waals surface area contributed by atoms with E-state index in [0.29, 0.717) is 17.1 Å². The lowest BCUT2D eigenvalue weighted by Crippen LogP contribution is -2.14. The fourth-order valence-corrected chi connectivity index (χ4v) is 1.20. The van der Waals surface area contributed by atoms with Gasteiger partial charge in [0.05, 0.1) is 5.69 Å². The molecule has 0 unspecified atom stereocenters. The standard InChI is InChI=1S/C8H9ClN4O/c1-6-7(9)3-2-4-8(6)13(5-14)12-11-10/h2-5H,1H3,(H2,10,12). The highest BCUT2D eigenvalue weighted by Gasteiger charge is 2.08. The van der Waals surface area contributed by atoms with E-state index >= 15 is 0 Å². The van der Waals surface area contributed by atoms with Crippen molar-refractivity contribution >= 4 is 23.7 Å². The second-order valence-electron chi connectivity index (χ2n) is 2.54. The number of nitrogens with two attached hydrogens (primary N) is 1. The first kappa shape index (κ1) is 10.5. The van der Waals surface area contributed by atoms with Crippen LogP contribution >= 0.6 is 11.6 Å². The van der Waals surface area contributed by atoms with Gasteiger partial charge in [-0.25, -0.2) is 0 Å². The Morgan fingerprint density at radius 3 is 2.86 bits per heavy atom. The molecule has 1 aromatic rings. The maximum Gasteiger partial charge on any atom is 0.236 e. The Morgan fingerprint density at radius 1 is 1.57 bits per heavy atom. The fraction of sp³-hybridized carbons (Fsp3) is 0.125. The van der Waals surface area contributed by atoms with Crippen LogP contribution in [0.25, 0.3) is 0 Å². The summed E-state index contributed by atoms with van der Waals surface area (Å²) in [6, 6.07) is 5.14. The SMILES string of the molecule is Cc1c(Cl)cccc1N(C=O)/N=N\N. The van der Waals surface area contributed by atoms with E-state index in [9.17, 15) is 4.79 Å². The van der Waals surface area contributed by atoms with Gasteiger partial charge in [0, 0.05) is 5.02 Å². The molecule has 0 saturated carbocycles. The third kappa shape index (κ3) is 2.00. The van der Waals surface area contributed by atoms with E-state index in [-0.39, 0.29) is 0 Å². The molecule has 0 atom stereocenters. The third-order valence-electron chi connectivity index (χ3n) is 1.73. The number of amides is 1. The van der Waals surface area contributed by atoms with Crippen LogP contribution in [-0.2, 0) is 4.79 Å². The first-order valence-electron chi connectivity index (χ1n) is 3.81. The molecule has 0 heterocycles. The molecular formula is C8H9ClN4O. The highest BCUT2D eigenvalue weighted by atomic mass is 35.5. The second-order valence-corrected chi connectivity index (χ2v) is 2.95. The van der Waals surface area contributed by atoms with Crippen molar-refractivity contribution in [2.75, 3.05) is 5.01 Å². The number of nitrogens with zero attached hydrogens (tertiary/aromatic N) is 3. The minimum atomic E-state index is 0.509. The van der Waals surface area contributed by atoms with Gasteiger partial charge in [-0.3, -0.25) is 4.79 Å². The lowest BCUT2D eigenvalue weighted by molar-refractivity contribution is -0.107. The van der Waals surface area contributed by atoms with E-state index < -0.39 is 0 Å². The predicted molar refractivity (Wildman–Crippen MR) is 53.8 cm³/mol. The van der Waals surface area contributed by atoms with Crippen molar-refractivity contribution in [1.29, 1.82) is 0 Å². The highest BCUT2D eigenvalue weighted by molar-refractivity contribution is 6.31. The molecule has 1 rings (SSSR count). The van der Waals surface area contributed by atoms with Crippen LogP contribution < -0.4 is 10.9 Å². The van der Waals surface area contributed by atoms with Crippen molar-refractivity contribution in [3.05, 3.63) is 28.8 Å². The van der Waals surface area contributed by atoms with Crippen LogP contribution in [0.2, 0.25) is 5.02 Å². The van der Waals surface area contributed by atoms with Crippen molar-refractivity contribution in [2.24, 2.45) is 16.3 Å². The number of benzene rings is 1. The molecule has 1 aromatic carbocycles. The molecule has 0 aliphatic heterocycles. The summed E-state index contributed by atoms with van der Waals surface area (Å²) in [6.45, 7) is 1.78. The molecule has 0 aromatic heterocycles. The maximum absolute atomic E-state index is 10.6. The smallest absolute Gasteiger partial charge is 0.236 e. The molecule has 6 heteroatoms. The Balaban J connectivity index is 3.16. The molecule has 1 amide bonds. The normalized spacial score (nSPS) is 10.4. The van der Waals surface area contributed by atoms with Gasteiger partial charge < -0.3 is 5.84 Å². The number of carbonyl (C=O) groups excluding carboxylic acids is 1. The number of halogens is 1. The fourth-order valence-electron chi connectivity index (χ4n) is 1.03. The molecule has 14 heavy (non-hydrogen) atoms. The Kier molecular flexibility index (Phi) is 3.41. The lowest BCUT2D eigenvalue weighted by atomic mass is 10.2. The first-order chi connectivity index (χ1) is 6.70. The van der Waals surface area contributed by atoms with E-state index in [1.807, 2.05) is 0 Å². The zero-order valence-electron chi connectivity index (χ0n) is 7.51. The predicted octanol–water partition coefficient (Wildman–Crippen LogP) is 1.85. The maximum atomic E-state index is 10.6. The Bertz CT molecular complexity index is 366. The monoisotopic (exact) mass is 212 g/mol. The molecule has 74 valence electrons. The molecular weight excluding hydrogens is 204 g/mol. The average molecular weight is 213 g/mol. The van der Waals surface area contributed by atoms with Gasteiger partial charge in [-0.05, 0) is 29.8 Å². The summed E-state index contributed by atoms with van der Waals surface area (Å²) in [5.74, 6) is 4.86. The van der Waals surface area contributed by atoms with E-state index in [2.05, 4.69) is 10.4 Å². The number of hydrogen-bond donors (Lipinski definition) is 1. The van der Waals surface area contributed by atoms with Gasteiger partial charge in [0.25, 0.3) is 0 Å². The summed E-state index contributed by atoms with van der Waals surface area (Å²) < 4.78 is 0. The van der Waals surface area contributed by atoms with Gasteiger partial charge in [0.15, 0.2) is 0 Å². The van der Waals surface area contributed by atoms with Crippen LogP contribution in [-0.4, -0.2) is 6.41 Å².